The van der Waals surface area contributed by atoms with Gasteiger partial charge in [-0.15, -0.1) is 0 Å². The number of fused-ring (bicyclic) bond motifs is 1. The Morgan fingerprint density at radius 1 is 0.850 bits per heavy atom. The molecule has 1 aromatic rings. The van der Waals surface area contributed by atoms with Gasteiger partial charge in [0.1, 0.15) is 0 Å². The average Bonchev–Trinajstić information content (AvgIpc) is 2.45. The number of hydrogen-bond acceptors (Lipinski definition) is 2. The Labute approximate surface area is 121 Å². The van der Waals surface area contributed by atoms with Crippen LogP contribution in [0.5, 0.6) is 0 Å². The second-order valence-corrected chi connectivity index (χ2v) is 8.11. The topological polar surface area (TPSA) is 25.8 Å². The van der Waals surface area contributed by atoms with Crippen molar-refractivity contribution in [2.24, 2.45) is 17.8 Å². The molecule has 5 aliphatic carbocycles. The highest BCUT2D eigenvalue weighted by atomic mass is 15.1. The zero-order valence-corrected chi connectivity index (χ0v) is 12.3. The van der Waals surface area contributed by atoms with E-state index in [2.05, 4.69) is 11.2 Å². The van der Waals surface area contributed by atoms with E-state index in [1.165, 1.54) is 74.7 Å². The maximum absolute atomic E-state index is 4.73. The van der Waals surface area contributed by atoms with Gasteiger partial charge in [0.25, 0.3) is 0 Å². The van der Waals surface area contributed by atoms with Crippen molar-refractivity contribution in [2.45, 2.75) is 69.6 Å². The highest BCUT2D eigenvalue weighted by Gasteiger charge is 2.52. The molecule has 20 heavy (non-hydrogen) atoms. The number of hydrogen-bond donors (Lipinski definition) is 0. The Bertz CT molecular complexity index is 513. The predicted molar refractivity (Wildman–Crippen MR) is 78.5 cm³/mol. The van der Waals surface area contributed by atoms with E-state index in [1.54, 1.807) is 0 Å². The van der Waals surface area contributed by atoms with Crippen LogP contribution in [-0.4, -0.2) is 10.2 Å². The van der Waals surface area contributed by atoms with Crippen LogP contribution in [0, 0.1) is 17.8 Å². The molecule has 0 saturated heterocycles. The third kappa shape index (κ3) is 1.63. The Hall–Kier alpha value is -0.920. The lowest BCUT2D eigenvalue weighted by molar-refractivity contribution is -0.00768. The minimum absolute atomic E-state index is 0.425. The average molecular weight is 268 g/mol. The molecule has 1 heterocycles. The molecule has 0 aliphatic heterocycles. The fourth-order valence-corrected chi connectivity index (χ4v) is 6.17. The SMILES string of the molecule is c1c(C23CC4CC(CC(C4)C2)C3)nnc2c1CCCC2. The molecule has 2 heteroatoms. The van der Waals surface area contributed by atoms with E-state index < -0.39 is 0 Å². The Morgan fingerprint density at radius 2 is 1.50 bits per heavy atom. The van der Waals surface area contributed by atoms with Crippen molar-refractivity contribution in [2.75, 3.05) is 0 Å². The molecule has 0 radical (unpaired) electrons. The third-order valence-corrected chi connectivity index (χ3v) is 6.65. The van der Waals surface area contributed by atoms with E-state index in [9.17, 15) is 0 Å². The number of aryl methyl sites for hydroxylation is 2. The molecular weight excluding hydrogens is 244 g/mol. The summed E-state index contributed by atoms with van der Waals surface area (Å²) in [6, 6.07) is 2.47. The van der Waals surface area contributed by atoms with Crippen LogP contribution in [-0.2, 0) is 18.3 Å². The van der Waals surface area contributed by atoms with Gasteiger partial charge in [-0.3, -0.25) is 0 Å². The Kier molecular flexibility index (Phi) is 2.37. The molecule has 2 nitrogen and oxygen atoms in total. The zero-order valence-electron chi connectivity index (χ0n) is 12.3. The van der Waals surface area contributed by atoms with Crippen molar-refractivity contribution in [3.63, 3.8) is 0 Å². The monoisotopic (exact) mass is 268 g/mol. The predicted octanol–water partition coefficient (Wildman–Crippen LogP) is 3.82. The number of nitrogens with zero attached hydrogens (tertiary/aromatic N) is 2. The highest BCUT2D eigenvalue weighted by molar-refractivity contribution is 5.30. The number of aromatic nitrogens is 2. The van der Waals surface area contributed by atoms with Gasteiger partial charge in [-0.2, -0.15) is 10.2 Å². The van der Waals surface area contributed by atoms with Gasteiger partial charge in [0.15, 0.2) is 0 Å². The lowest BCUT2D eigenvalue weighted by Crippen LogP contribution is -2.49. The van der Waals surface area contributed by atoms with Crippen LogP contribution < -0.4 is 0 Å². The van der Waals surface area contributed by atoms with Crippen molar-refractivity contribution in [1.29, 1.82) is 0 Å². The van der Waals surface area contributed by atoms with Crippen LogP contribution in [0.4, 0.5) is 0 Å². The molecule has 1 aromatic heterocycles. The summed E-state index contributed by atoms with van der Waals surface area (Å²) in [4.78, 5) is 0. The molecule has 4 bridgehead atoms. The molecule has 0 spiro atoms. The minimum Gasteiger partial charge on any atom is -0.155 e. The summed E-state index contributed by atoms with van der Waals surface area (Å²) in [5.74, 6) is 3.00. The van der Waals surface area contributed by atoms with E-state index in [4.69, 9.17) is 5.10 Å². The highest BCUT2D eigenvalue weighted by Crippen LogP contribution is 2.60. The van der Waals surface area contributed by atoms with Gasteiger partial charge in [-0.25, -0.2) is 0 Å². The largest absolute Gasteiger partial charge is 0.155 e. The van der Waals surface area contributed by atoms with Crippen molar-refractivity contribution in [3.8, 4) is 0 Å². The van der Waals surface area contributed by atoms with Gasteiger partial charge in [0.05, 0.1) is 11.4 Å². The molecule has 0 amide bonds. The fraction of sp³-hybridized carbons (Fsp3) is 0.778. The first-order chi connectivity index (χ1) is 9.81. The van der Waals surface area contributed by atoms with Crippen LogP contribution in [0.3, 0.4) is 0 Å². The second-order valence-electron chi connectivity index (χ2n) is 8.11. The zero-order chi connectivity index (χ0) is 13.2. The van der Waals surface area contributed by atoms with E-state index >= 15 is 0 Å². The van der Waals surface area contributed by atoms with Crippen LogP contribution >= 0.6 is 0 Å². The smallest absolute Gasteiger partial charge is 0.0696 e. The van der Waals surface area contributed by atoms with Gasteiger partial charge in [-0.05, 0) is 93.6 Å². The summed E-state index contributed by atoms with van der Waals surface area (Å²) in [5, 5.41) is 9.36. The molecule has 0 atom stereocenters. The van der Waals surface area contributed by atoms with Gasteiger partial charge in [0, 0.05) is 5.41 Å². The Balaban J connectivity index is 1.56. The fourth-order valence-electron chi connectivity index (χ4n) is 6.17. The summed E-state index contributed by atoms with van der Waals surface area (Å²) >= 11 is 0. The van der Waals surface area contributed by atoms with Gasteiger partial charge < -0.3 is 0 Å². The first-order valence-electron chi connectivity index (χ1n) is 8.67. The molecule has 106 valence electrons. The molecule has 0 unspecified atom stereocenters. The normalized spacial score (nSPS) is 41.7. The van der Waals surface area contributed by atoms with E-state index in [1.807, 2.05) is 0 Å². The van der Waals surface area contributed by atoms with Crippen molar-refractivity contribution < 1.29 is 0 Å². The lowest BCUT2D eigenvalue weighted by Gasteiger charge is -2.56. The molecule has 5 aliphatic rings. The third-order valence-electron chi connectivity index (χ3n) is 6.65. The van der Waals surface area contributed by atoms with Crippen LogP contribution in [0.1, 0.15) is 68.3 Å². The maximum Gasteiger partial charge on any atom is 0.0696 e. The van der Waals surface area contributed by atoms with Gasteiger partial charge in [-0.1, -0.05) is 0 Å². The molecule has 4 saturated carbocycles. The first-order valence-corrected chi connectivity index (χ1v) is 8.67. The molecule has 0 aromatic carbocycles. The quantitative estimate of drug-likeness (QED) is 0.773. The summed E-state index contributed by atoms with van der Waals surface area (Å²) in [6.07, 6.45) is 13.8. The number of rotatable bonds is 1. The van der Waals surface area contributed by atoms with Gasteiger partial charge >= 0.3 is 0 Å². The van der Waals surface area contributed by atoms with E-state index in [0.717, 1.165) is 24.2 Å². The van der Waals surface area contributed by atoms with E-state index in [-0.39, 0.29) is 0 Å². The summed E-state index contributed by atoms with van der Waals surface area (Å²) in [6.45, 7) is 0. The van der Waals surface area contributed by atoms with Crippen LogP contribution in [0.15, 0.2) is 6.07 Å². The molecule has 4 fully saturated rings. The molecule has 0 N–H and O–H groups in total. The minimum atomic E-state index is 0.425. The summed E-state index contributed by atoms with van der Waals surface area (Å²) in [7, 11) is 0. The molecule has 6 rings (SSSR count). The van der Waals surface area contributed by atoms with Gasteiger partial charge in [0.2, 0.25) is 0 Å². The van der Waals surface area contributed by atoms with Crippen molar-refractivity contribution in [3.05, 3.63) is 23.0 Å². The van der Waals surface area contributed by atoms with Crippen LogP contribution in [0.25, 0.3) is 0 Å². The Morgan fingerprint density at radius 3 is 2.20 bits per heavy atom. The second kappa shape index (κ2) is 4.05. The van der Waals surface area contributed by atoms with Crippen LogP contribution in [0.2, 0.25) is 0 Å². The van der Waals surface area contributed by atoms with Crippen molar-refractivity contribution in [1.82, 2.24) is 10.2 Å². The van der Waals surface area contributed by atoms with Crippen molar-refractivity contribution >= 4 is 0 Å². The first kappa shape index (κ1) is 11.7. The lowest BCUT2D eigenvalue weighted by atomic mass is 9.49. The molecular formula is C18H24N2. The summed E-state index contributed by atoms with van der Waals surface area (Å²) < 4.78 is 0. The standard InChI is InChI=1S/C18H24N2/c1-2-4-16-15(3-1)8-17(20-19-16)18-9-12-5-13(10-18)7-14(6-12)11-18/h8,12-14H,1-7,9-11H2. The maximum atomic E-state index is 4.73. The van der Waals surface area contributed by atoms with E-state index in [0.29, 0.717) is 5.41 Å². The summed E-state index contributed by atoms with van der Waals surface area (Å²) in [5.41, 5.74) is 4.62.